The van der Waals surface area contributed by atoms with Crippen LogP contribution in [0.25, 0.3) is 165 Å². The molecule has 0 aliphatic heterocycles. The third kappa shape index (κ3) is 6.23. The number of fused-ring (bicyclic) bond motifs is 18. The molecule has 6 heteroatoms. The molecule has 6 nitrogen and oxygen atoms in total. The van der Waals surface area contributed by atoms with Crippen LogP contribution >= 0.6 is 0 Å². The van der Waals surface area contributed by atoms with E-state index in [1.54, 1.807) is 0 Å². The molecule has 0 saturated heterocycles. The number of aromatic nitrogens is 6. The minimum Gasteiger partial charge on any atom is -0.309 e. The van der Waals surface area contributed by atoms with Crippen molar-refractivity contribution in [3.63, 3.8) is 0 Å². The fourth-order valence-electron chi connectivity index (χ4n) is 14.7. The van der Waals surface area contributed by atoms with E-state index in [4.69, 9.17) is 0 Å². The van der Waals surface area contributed by atoms with Crippen LogP contribution in [0.1, 0.15) is 0 Å². The lowest BCUT2D eigenvalue weighted by atomic mass is 10.1. The van der Waals surface area contributed by atoms with E-state index in [2.05, 4.69) is 319 Å². The van der Waals surface area contributed by atoms with Gasteiger partial charge in [-0.25, -0.2) is 0 Å². The Morgan fingerprint density at radius 1 is 0.119 bits per heavy atom. The molecule has 0 bridgehead atoms. The van der Waals surface area contributed by atoms with E-state index < -0.39 is 0 Å². The van der Waals surface area contributed by atoms with Crippen LogP contribution in [0.15, 0.2) is 291 Å². The van der Waals surface area contributed by atoms with Gasteiger partial charge in [-0.3, -0.25) is 0 Å². The normalized spacial score (nSPS) is 12.3. The van der Waals surface area contributed by atoms with Crippen molar-refractivity contribution in [3.8, 4) is 34.1 Å². The highest BCUT2D eigenvalue weighted by atomic mass is 15.1. The smallest absolute Gasteiger partial charge is 0.0548 e. The van der Waals surface area contributed by atoms with Crippen LogP contribution in [0.4, 0.5) is 0 Å². The third-order valence-electron chi connectivity index (χ3n) is 18.1. The summed E-state index contributed by atoms with van der Waals surface area (Å²) in [6, 6.07) is 108. The van der Waals surface area contributed by atoms with Crippen molar-refractivity contribution in [2.45, 2.75) is 0 Å². The van der Waals surface area contributed by atoms with Crippen molar-refractivity contribution in [2.75, 3.05) is 0 Å². The maximum absolute atomic E-state index is 2.52. The molecule has 0 aliphatic carbocycles. The molecule has 6 aromatic heterocycles. The van der Waals surface area contributed by atoms with E-state index in [0.29, 0.717) is 0 Å². The molecule has 0 amide bonds. The number of nitrogens with zero attached hydrogens (tertiary/aromatic N) is 6. The van der Waals surface area contributed by atoms with Crippen LogP contribution < -0.4 is 0 Å². The zero-order valence-electron chi connectivity index (χ0n) is 45.4. The second-order valence-corrected chi connectivity index (χ2v) is 22.5. The van der Waals surface area contributed by atoms with E-state index in [0.717, 1.165) is 56.2 Å². The summed E-state index contributed by atoms with van der Waals surface area (Å²) in [4.78, 5) is 0. The van der Waals surface area contributed by atoms with E-state index in [1.807, 2.05) is 0 Å². The number of hydrogen-bond donors (Lipinski definition) is 0. The maximum atomic E-state index is 2.52. The summed E-state index contributed by atoms with van der Waals surface area (Å²) in [5.41, 5.74) is 20.5. The average molecular weight is 1070 g/mol. The molecule has 0 aliphatic rings. The van der Waals surface area contributed by atoms with Crippen molar-refractivity contribution < 1.29 is 0 Å². The Bertz CT molecular complexity index is 5160. The van der Waals surface area contributed by atoms with E-state index >= 15 is 0 Å². The molecule has 0 spiro atoms. The molecule has 390 valence electrons. The van der Waals surface area contributed by atoms with Gasteiger partial charge >= 0.3 is 0 Å². The van der Waals surface area contributed by atoms with Crippen molar-refractivity contribution in [2.24, 2.45) is 0 Å². The highest BCUT2D eigenvalue weighted by Crippen LogP contribution is 2.44. The number of para-hydroxylation sites is 10. The molecule has 6 heterocycles. The Balaban J connectivity index is 0.914. The Hall–Kier alpha value is -11.3. The molecule has 0 radical (unpaired) electrons. The van der Waals surface area contributed by atoms with Gasteiger partial charge in [0.25, 0.3) is 0 Å². The molecule has 0 fully saturated rings. The fraction of sp³-hybridized carbons (Fsp3) is 0. The SMILES string of the molecule is c1ccc2c(c1)c1ccccc1n2-c1cc(-n2c3ccccc3c3ccccc32)cc(-n2c3ccccc3c3cc4c(cc32)c2ccccc2n4-c2cc(-n3c4ccccc4c4ccccc43)cc(-n3c4ccccc4c4ccccc43)c2)c1. The molecule has 0 saturated carbocycles. The topological polar surface area (TPSA) is 29.6 Å². The van der Waals surface area contributed by atoms with Gasteiger partial charge in [0.15, 0.2) is 0 Å². The van der Waals surface area contributed by atoms with Crippen LogP contribution in [0.5, 0.6) is 0 Å². The summed E-state index contributed by atoms with van der Waals surface area (Å²) in [5, 5.41) is 14.6. The number of benzene rings is 13. The third-order valence-corrected chi connectivity index (χ3v) is 18.1. The molecule has 13 aromatic carbocycles. The standard InChI is InChI=1S/C78H48N6/c1-11-31-67-55(21-1)56-22-2-12-32-68(56)79(67)49-41-50(80-69-33-13-3-23-57(69)58-24-4-14-34-70(58)80)44-53(43-49)83-75-39-19-9-29-63(75)65-48-78-66(47-77(65)83)64-30-10-20-40-76(64)84(78)54-45-51(81-71-35-15-5-25-59(71)60-26-6-16-36-72(60)81)42-52(46-54)82-73-37-17-7-27-61(73)62-28-8-18-38-74(62)82/h1-48H. The molecule has 0 atom stereocenters. The van der Waals surface area contributed by atoms with Crippen LogP contribution in [-0.2, 0) is 0 Å². The van der Waals surface area contributed by atoms with Gasteiger partial charge in [-0.1, -0.05) is 182 Å². The minimum absolute atomic E-state index is 1.08. The van der Waals surface area contributed by atoms with Gasteiger partial charge in [-0.2, -0.15) is 0 Å². The Morgan fingerprint density at radius 2 is 0.250 bits per heavy atom. The molecular weight excluding hydrogens is 1020 g/mol. The van der Waals surface area contributed by atoms with E-state index in [-0.39, 0.29) is 0 Å². The average Bonchev–Trinajstić information content (AvgIpc) is 2.48. The molecule has 19 rings (SSSR count). The van der Waals surface area contributed by atoms with Crippen LogP contribution in [0.2, 0.25) is 0 Å². The molecular formula is C78H48N6. The van der Waals surface area contributed by atoms with Gasteiger partial charge in [0.05, 0.1) is 100 Å². The number of rotatable bonds is 6. The monoisotopic (exact) mass is 1070 g/mol. The highest BCUT2D eigenvalue weighted by molar-refractivity contribution is 6.20. The predicted molar refractivity (Wildman–Crippen MR) is 352 cm³/mol. The first kappa shape index (κ1) is 45.4. The first-order chi connectivity index (χ1) is 41.7. The van der Waals surface area contributed by atoms with Gasteiger partial charge in [0.1, 0.15) is 0 Å². The lowest BCUT2D eigenvalue weighted by Gasteiger charge is -2.18. The lowest BCUT2D eigenvalue weighted by molar-refractivity contribution is 1.09. The first-order valence-corrected chi connectivity index (χ1v) is 28.9. The van der Waals surface area contributed by atoms with Gasteiger partial charge in [-0.05, 0) is 109 Å². The summed E-state index contributed by atoms with van der Waals surface area (Å²) in [6.07, 6.45) is 0. The van der Waals surface area contributed by atoms with Crippen LogP contribution in [0, 0.1) is 0 Å². The van der Waals surface area contributed by atoms with Crippen molar-refractivity contribution in [1.29, 1.82) is 0 Å². The molecule has 0 unspecified atom stereocenters. The van der Waals surface area contributed by atoms with Crippen LogP contribution in [-0.4, -0.2) is 27.4 Å². The largest absolute Gasteiger partial charge is 0.309 e. The molecule has 84 heavy (non-hydrogen) atoms. The minimum atomic E-state index is 1.08. The Kier molecular flexibility index (Phi) is 9.24. The summed E-state index contributed by atoms with van der Waals surface area (Å²) < 4.78 is 14.9. The van der Waals surface area contributed by atoms with Crippen molar-refractivity contribution in [3.05, 3.63) is 291 Å². The molecule has 0 N–H and O–H groups in total. The second kappa shape index (κ2) is 17.1. The number of hydrogen-bond acceptors (Lipinski definition) is 0. The van der Waals surface area contributed by atoms with Crippen molar-refractivity contribution in [1.82, 2.24) is 27.4 Å². The highest BCUT2D eigenvalue weighted by Gasteiger charge is 2.24. The summed E-state index contributed by atoms with van der Waals surface area (Å²) in [6.45, 7) is 0. The van der Waals surface area contributed by atoms with E-state index in [9.17, 15) is 0 Å². The summed E-state index contributed by atoms with van der Waals surface area (Å²) in [5.74, 6) is 0. The Labute approximate surface area is 480 Å². The van der Waals surface area contributed by atoms with Gasteiger partial charge < -0.3 is 27.4 Å². The summed E-state index contributed by atoms with van der Waals surface area (Å²) >= 11 is 0. The summed E-state index contributed by atoms with van der Waals surface area (Å²) in [7, 11) is 0. The quantitative estimate of drug-likeness (QED) is 0.159. The van der Waals surface area contributed by atoms with Gasteiger partial charge in [-0.15, -0.1) is 0 Å². The van der Waals surface area contributed by atoms with E-state index in [1.165, 1.54) is 109 Å². The van der Waals surface area contributed by atoms with Gasteiger partial charge in [0.2, 0.25) is 0 Å². The lowest BCUT2D eigenvalue weighted by Crippen LogP contribution is -2.03. The Morgan fingerprint density at radius 3 is 0.417 bits per heavy atom. The fourth-order valence-corrected chi connectivity index (χ4v) is 14.7. The zero-order chi connectivity index (χ0) is 54.7. The maximum Gasteiger partial charge on any atom is 0.0548 e. The van der Waals surface area contributed by atoms with Crippen LogP contribution in [0.3, 0.4) is 0 Å². The van der Waals surface area contributed by atoms with Crippen molar-refractivity contribution >= 4 is 131 Å². The predicted octanol–water partition coefficient (Wildman–Crippen LogP) is 20.3. The molecule has 19 aromatic rings. The zero-order valence-corrected chi connectivity index (χ0v) is 45.4. The first-order valence-electron chi connectivity index (χ1n) is 28.9. The van der Waals surface area contributed by atoms with Gasteiger partial charge in [0, 0.05) is 64.6 Å². The second-order valence-electron chi connectivity index (χ2n) is 22.5.